The average Bonchev–Trinajstić information content (AvgIpc) is 2.55. The van der Waals surface area contributed by atoms with Gasteiger partial charge < -0.3 is 14.8 Å². The normalized spacial score (nSPS) is 11.7. The van der Waals surface area contributed by atoms with Crippen molar-refractivity contribution in [2.24, 2.45) is 0 Å². The number of carbonyl (C=O) groups excluding carboxylic acids is 1. The second-order valence-electron chi connectivity index (χ2n) is 5.20. The molecule has 0 aromatic heterocycles. The molecule has 1 atom stereocenters. The first kappa shape index (κ1) is 16.8. The Morgan fingerprint density at radius 2 is 1.83 bits per heavy atom. The van der Waals surface area contributed by atoms with Crippen LogP contribution < -0.4 is 14.8 Å². The van der Waals surface area contributed by atoms with Crippen molar-refractivity contribution in [2.45, 2.75) is 19.4 Å². The SMILES string of the molecule is COc1ccc(OC)c(CC(=O)NC(C)c2ccc(F)cc2)c1. The molecule has 0 bridgehead atoms. The molecule has 5 heteroatoms. The van der Waals surface area contributed by atoms with Gasteiger partial charge in [0.2, 0.25) is 5.91 Å². The minimum atomic E-state index is -0.298. The highest BCUT2D eigenvalue weighted by atomic mass is 19.1. The first-order chi connectivity index (χ1) is 11.0. The summed E-state index contributed by atoms with van der Waals surface area (Å²) in [6.07, 6.45) is 0.173. The zero-order valence-electron chi connectivity index (χ0n) is 13.4. The molecule has 0 aliphatic rings. The second kappa shape index (κ2) is 7.63. The topological polar surface area (TPSA) is 47.6 Å². The molecule has 2 aromatic carbocycles. The molecule has 0 spiro atoms. The molecule has 23 heavy (non-hydrogen) atoms. The van der Waals surface area contributed by atoms with Gasteiger partial charge in [0.15, 0.2) is 0 Å². The molecular formula is C18H20FNO3. The van der Waals surface area contributed by atoms with Crippen molar-refractivity contribution in [2.75, 3.05) is 14.2 Å². The van der Waals surface area contributed by atoms with Gasteiger partial charge in [-0.1, -0.05) is 12.1 Å². The van der Waals surface area contributed by atoms with Crippen LogP contribution in [0, 0.1) is 5.82 Å². The van der Waals surface area contributed by atoms with Crippen molar-refractivity contribution in [1.82, 2.24) is 5.32 Å². The van der Waals surface area contributed by atoms with Gasteiger partial charge in [0, 0.05) is 5.56 Å². The molecular weight excluding hydrogens is 297 g/mol. The highest BCUT2D eigenvalue weighted by Gasteiger charge is 2.13. The molecule has 0 saturated carbocycles. The molecule has 0 radical (unpaired) electrons. The fraction of sp³-hybridized carbons (Fsp3) is 0.278. The lowest BCUT2D eigenvalue weighted by atomic mass is 10.1. The van der Waals surface area contributed by atoms with Gasteiger partial charge in [-0.25, -0.2) is 4.39 Å². The zero-order chi connectivity index (χ0) is 16.8. The first-order valence-electron chi connectivity index (χ1n) is 7.29. The van der Waals surface area contributed by atoms with Gasteiger partial charge >= 0.3 is 0 Å². The molecule has 1 N–H and O–H groups in total. The summed E-state index contributed by atoms with van der Waals surface area (Å²) < 4.78 is 23.4. The number of halogens is 1. The summed E-state index contributed by atoms with van der Waals surface area (Å²) in [7, 11) is 3.13. The summed E-state index contributed by atoms with van der Waals surface area (Å²) in [6.45, 7) is 1.86. The third-order valence-corrected chi connectivity index (χ3v) is 3.59. The van der Waals surface area contributed by atoms with E-state index in [1.165, 1.54) is 12.1 Å². The van der Waals surface area contributed by atoms with E-state index in [4.69, 9.17) is 9.47 Å². The molecule has 122 valence electrons. The van der Waals surface area contributed by atoms with Crippen LogP contribution in [0.3, 0.4) is 0 Å². The summed E-state index contributed by atoms with van der Waals surface area (Å²) in [6, 6.07) is 11.2. The van der Waals surface area contributed by atoms with Crippen molar-refractivity contribution in [3.05, 3.63) is 59.4 Å². The van der Waals surface area contributed by atoms with Crippen LogP contribution in [0.1, 0.15) is 24.1 Å². The molecule has 0 fully saturated rings. The van der Waals surface area contributed by atoms with Gasteiger partial charge in [-0.2, -0.15) is 0 Å². The smallest absolute Gasteiger partial charge is 0.225 e. The minimum Gasteiger partial charge on any atom is -0.497 e. The monoisotopic (exact) mass is 317 g/mol. The van der Waals surface area contributed by atoms with E-state index in [1.807, 2.05) is 6.92 Å². The van der Waals surface area contributed by atoms with Gasteiger partial charge in [0.1, 0.15) is 17.3 Å². The summed E-state index contributed by atoms with van der Waals surface area (Å²) in [5.41, 5.74) is 1.59. The lowest BCUT2D eigenvalue weighted by molar-refractivity contribution is -0.121. The van der Waals surface area contributed by atoms with Gasteiger partial charge in [0.05, 0.1) is 26.7 Å². The third-order valence-electron chi connectivity index (χ3n) is 3.59. The molecule has 0 aliphatic carbocycles. The van der Waals surface area contributed by atoms with E-state index in [-0.39, 0.29) is 24.2 Å². The number of hydrogen-bond acceptors (Lipinski definition) is 3. The number of benzene rings is 2. The lowest BCUT2D eigenvalue weighted by Gasteiger charge is -2.15. The predicted molar refractivity (Wildman–Crippen MR) is 86.2 cm³/mol. The fourth-order valence-electron chi connectivity index (χ4n) is 2.32. The van der Waals surface area contributed by atoms with Gasteiger partial charge in [-0.05, 0) is 42.8 Å². The molecule has 0 aliphatic heterocycles. The second-order valence-corrected chi connectivity index (χ2v) is 5.20. The summed E-state index contributed by atoms with van der Waals surface area (Å²) in [5, 5.41) is 2.90. The maximum absolute atomic E-state index is 12.9. The number of methoxy groups -OCH3 is 2. The predicted octanol–water partition coefficient (Wildman–Crippen LogP) is 3.26. The zero-order valence-corrected chi connectivity index (χ0v) is 13.4. The Hall–Kier alpha value is -2.56. The van der Waals surface area contributed by atoms with Crippen LogP contribution in [0.25, 0.3) is 0 Å². The standard InChI is InChI=1S/C18H20FNO3/c1-12(13-4-6-15(19)7-5-13)20-18(21)11-14-10-16(22-2)8-9-17(14)23-3/h4-10,12H,11H2,1-3H3,(H,20,21). The van der Waals surface area contributed by atoms with E-state index in [2.05, 4.69) is 5.32 Å². The minimum absolute atomic E-state index is 0.145. The van der Waals surface area contributed by atoms with Gasteiger partial charge in [0.25, 0.3) is 0 Å². The molecule has 2 aromatic rings. The van der Waals surface area contributed by atoms with Crippen molar-refractivity contribution in [3.63, 3.8) is 0 Å². The van der Waals surface area contributed by atoms with E-state index in [0.29, 0.717) is 11.5 Å². The summed E-state index contributed by atoms with van der Waals surface area (Å²) >= 11 is 0. The Morgan fingerprint density at radius 1 is 1.13 bits per heavy atom. The molecule has 1 unspecified atom stereocenters. The number of rotatable bonds is 6. The third kappa shape index (κ3) is 4.45. The highest BCUT2D eigenvalue weighted by Crippen LogP contribution is 2.24. The largest absolute Gasteiger partial charge is 0.497 e. The molecule has 4 nitrogen and oxygen atoms in total. The van der Waals surface area contributed by atoms with Crippen LogP contribution in [0.15, 0.2) is 42.5 Å². The lowest BCUT2D eigenvalue weighted by Crippen LogP contribution is -2.28. The molecule has 2 rings (SSSR count). The maximum atomic E-state index is 12.9. The van der Waals surface area contributed by atoms with E-state index in [9.17, 15) is 9.18 Å². The number of hydrogen-bond donors (Lipinski definition) is 1. The van der Waals surface area contributed by atoms with Crippen LogP contribution in [-0.2, 0) is 11.2 Å². The maximum Gasteiger partial charge on any atom is 0.225 e. The molecule has 1 amide bonds. The van der Waals surface area contributed by atoms with Crippen molar-refractivity contribution in [3.8, 4) is 11.5 Å². The summed E-state index contributed by atoms with van der Waals surface area (Å²) in [4.78, 5) is 12.2. The van der Waals surface area contributed by atoms with Crippen molar-refractivity contribution in [1.29, 1.82) is 0 Å². The van der Waals surface area contributed by atoms with Crippen LogP contribution in [0.2, 0.25) is 0 Å². The number of nitrogens with one attached hydrogen (secondary N) is 1. The van der Waals surface area contributed by atoms with Crippen LogP contribution in [-0.4, -0.2) is 20.1 Å². The van der Waals surface area contributed by atoms with E-state index in [0.717, 1.165) is 11.1 Å². The number of amides is 1. The Kier molecular flexibility index (Phi) is 5.57. The van der Waals surface area contributed by atoms with E-state index < -0.39 is 0 Å². The molecule has 0 saturated heterocycles. The highest BCUT2D eigenvalue weighted by molar-refractivity contribution is 5.80. The van der Waals surface area contributed by atoms with Crippen LogP contribution in [0.5, 0.6) is 11.5 Å². The van der Waals surface area contributed by atoms with Gasteiger partial charge in [-0.15, -0.1) is 0 Å². The van der Waals surface area contributed by atoms with E-state index in [1.54, 1.807) is 44.6 Å². The Morgan fingerprint density at radius 3 is 2.43 bits per heavy atom. The van der Waals surface area contributed by atoms with E-state index >= 15 is 0 Å². The summed E-state index contributed by atoms with van der Waals surface area (Å²) in [5.74, 6) is 0.859. The van der Waals surface area contributed by atoms with Crippen LogP contribution in [0.4, 0.5) is 4.39 Å². The Bertz CT molecular complexity index is 670. The van der Waals surface area contributed by atoms with Crippen molar-refractivity contribution < 1.29 is 18.7 Å². The first-order valence-corrected chi connectivity index (χ1v) is 7.29. The average molecular weight is 317 g/mol. The van der Waals surface area contributed by atoms with Crippen LogP contribution >= 0.6 is 0 Å². The van der Waals surface area contributed by atoms with Gasteiger partial charge in [-0.3, -0.25) is 4.79 Å². The molecule has 0 heterocycles. The Balaban J connectivity index is 2.05. The fourth-order valence-corrected chi connectivity index (χ4v) is 2.32. The quantitative estimate of drug-likeness (QED) is 0.889. The number of carbonyl (C=O) groups is 1. The van der Waals surface area contributed by atoms with Crippen molar-refractivity contribution >= 4 is 5.91 Å². The Labute approximate surface area is 135 Å². The number of ether oxygens (including phenoxy) is 2.